The largest absolute Gasteiger partial charge is 0.444 e. The second-order valence-corrected chi connectivity index (χ2v) is 8.72. The molecule has 2 fully saturated rings. The zero-order valence-electron chi connectivity index (χ0n) is 15.2. The van der Waals surface area contributed by atoms with Crippen LogP contribution in [0, 0.1) is 11.3 Å². The number of hydrogen-bond donors (Lipinski definition) is 0. The number of amides is 1. The number of hydrogen-bond acceptors (Lipinski definition) is 3. The Hall–Kier alpha value is -0.770. The molecule has 0 bridgehead atoms. The van der Waals surface area contributed by atoms with Gasteiger partial charge in [-0.3, -0.25) is 0 Å². The highest BCUT2D eigenvalue weighted by Gasteiger charge is 2.45. The van der Waals surface area contributed by atoms with Gasteiger partial charge in [0.15, 0.2) is 0 Å². The number of ether oxygens (including phenoxy) is 2. The molecular weight excluding hydrogens is 278 g/mol. The van der Waals surface area contributed by atoms with Crippen molar-refractivity contribution < 1.29 is 14.3 Å². The third kappa shape index (κ3) is 3.95. The maximum Gasteiger partial charge on any atom is 0.410 e. The number of nitrogens with zero attached hydrogens (tertiary/aromatic N) is 1. The van der Waals surface area contributed by atoms with Gasteiger partial charge in [0.1, 0.15) is 5.60 Å². The summed E-state index contributed by atoms with van der Waals surface area (Å²) in [5.74, 6) is 0.585. The average molecular weight is 311 g/mol. The zero-order chi connectivity index (χ0) is 16.6. The summed E-state index contributed by atoms with van der Waals surface area (Å²) in [4.78, 5) is 14.1. The van der Waals surface area contributed by atoms with Crippen LogP contribution >= 0.6 is 0 Å². The minimum absolute atomic E-state index is 0.0446. The van der Waals surface area contributed by atoms with E-state index < -0.39 is 5.60 Å². The first kappa shape index (κ1) is 17.6. The summed E-state index contributed by atoms with van der Waals surface area (Å²) in [5.41, 5.74) is -0.0397. The number of carbonyl (C=O) groups is 1. The maximum absolute atomic E-state index is 12.2. The summed E-state index contributed by atoms with van der Waals surface area (Å²) in [6.07, 6.45) is 5.54. The van der Waals surface area contributed by atoms with Crippen LogP contribution in [0.5, 0.6) is 0 Å². The van der Waals surface area contributed by atoms with Crippen LogP contribution in [0.15, 0.2) is 0 Å². The second-order valence-electron chi connectivity index (χ2n) is 8.72. The lowest BCUT2D eigenvalue weighted by Crippen LogP contribution is -2.42. The van der Waals surface area contributed by atoms with Crippen molar-refractivity contribution in [2.75, 3.05) is 20.2 Å². The molecule has 1 saturated carbocycles. The SMILES string of the molecule is COC1(C)CCC(C)(C2CCN(C(=O)OC(C)(C)C)C2)CC1. The van der Waals surface area contributed by atoms with E-state index in [0.29, 0.717) is 11.3 Å². The quantitative estimate of drug-likeness (QED) is 0.766. The standard InChI is InChI=1S/C18H33NO3/c1-16(2,3)22-15(20)19-12-7-14(13-19)17(4)8-10-18(5,21-6)11-9-17/h14H,7-13H2,1-6H3. The van der Waals surface area contributed by atoms with E-state index >= 15 is 0 Å². The van der Waals surface area contributed by atoms with Crippen LogP contribution in [-0.2, 0) is 9.47 Å². The zero-order valence-corrected chi connectivity index (χ0v) is 15.2. The molecule has 128 valence electrons. The van der Waals surface area contributed by atoms with Gasteiger partial charge in [0.25, 0.3) is 0 Å². The summed E-state index contributed by atoms with van der Waals surface area (Å²) in [6, 6.07) is 0. The summed E-state index contributed by atoms with van der Waals surface area (Å²) >= 11 is 0. The molecule has 1 heterocycles. The highest BCUT2D eigenvalue weighted by atomic mass is 16.6. The maximum atomic E-state index is 12.2. The molecule has 2 aliphatic rings. The molecule has 1 aliphatic heterocycles. The van der Waals surface area contributed by atoms with Crippen LogP contribution < -0.4 is 0 Å². The number of likely N-dealkylation sites (tertiary alicyclic amines) is 1. The van der Waals surface area contributed by atoms with Gasteiger partial charge in [0.2, 0.25) is 0 Å². The summed E-state index contributed by atoms with van der Waals surface area (Å²) in [5, 5.41) is 0. The van der Waals surface area contributed by atoms with Crippen LogP contribution in [0.2, 0.25) is 0 Å². The van der Waals surface area contributed by atoms with Gasteiger partial charge in [-0.2, -0.15) is 0 Å². The van der Waals surface area contributed by atoms with Crippen molar-refractivity contribution in [2.24, 2.45) is 11.3 Å². The number of methoxy groups -OCH3 is 1. The van der Waals surface area contributed by atoms with Crippen LogP contribution in [0.3, 0.4) is 0 Å². The molecule has 0 aromatic carbocycles. The number of carbonyl (C=O) groups excluding carboxylic acids is 1. The summed E-state index contributed by atoms with van der Waals surface area (Å²) in [6.45, 7) is 12.1. The fraction of sp³-hybridized carbons (Fsp3) is 0.944. The minimum atomic E-state index is -0.413. The molecule has 1 unspecified atom stereocenters. The topological polar surface area (TPSA) is 38.8 Å². The lowest BCUT2D eigenvalue weighted by Gasteiger charge is -2.45. The van der Waals surface area contributed by atoms with Crippen molar-refractivity contribution in [3.63, 3.8) is 0 Å². The van der Waals surface area contributed by atoms with Crippen LogP contribution in [0.4, 0.5) is 4.79 Å². The predicted molar refractivity (Wildman–Crippen MR) is 87.9 cm³/mol. The van der Waals surface area contributed by atoms with Gasteiger partial charge in [0.05, 0.1) is 5.60 Å². The van der Waals surface area contributed by atoms with Gasteiger partial charge in [-0.25, -0.2) is 4.79 Å². The lowest BCUT2D eigenvalue weighted by atomic mass is 9.63. The van der Waals surface area contributed by atoms with Crippen LogP contribution in [0.25, 0.3) is 0 Å². The Labute approximate surface area is 135 Å². The van der Waals surface area contributed by atoms with Gasteiger partial charge >= 0.3 is 6.09 Å². The third-order valence-electron chi connectivity index (χ3n) is 5.77. The Kier molecular flexibility index (Phi) is 4.82. The molecule has 1 amide bonds. The van der Waals surface area contributed by atoms with E-state index in [0.717, 1.165) is 32.4 Å². The molecule has 0 aromatic heterocycles. The normalized spacial score (nSPS) is 36.5. The van der Waals surface area contributed by atoms with Crippen LogP contribution in [0.1, 0.15) is 66.7 Å². The first-order valence-electron chi connectivity index (χ1n) is 8.60. The lowest BCUT2D eigenvalue weighted by molar-refractivity contribution is -0.0617. The molecule has 0 radical (unpaired) electrons. The van der Waals surface area contributed by atoms with E-state index in [2.05, 4.69) is 13.8 Å². The molecule has 0 aromatic rings. The fourth-order valence-electron chi connectivity index (χ4n) is 3.78. The Morgan fingerprint density at radius 1 is 1.14 bits per heavy atom. The Bertz CT molecular complexity index is 405. The smallest absolute Gasteiger partial charge is 0.410 e. The molecular formula is C18H33NO3. The van der Waals surface area contributed by atoms with E-state index in [4.69, 9.17) is 9.47 Å². The van der Waals surface area contributed by atoms with E-state index in [1.807, 2.05) is 32.8 Å². The van der Waals surface area contributed by atoms with Gasteiger partial charge in [-0.05, 0) is 71.1 Å². The van der Waals surface area contributed by atoms with Crippen molar-refractivity contribution in [1.29, 1.82) is 0 Å². The molecule has 0 N–H and O–H groups in total. The van der Waals surface area contributed by atoms with E-state index in [1.54, 1.807) is 0 Å². The Balaban J connectivity index is 1.92. The van der Waals surface area contributed by atoms with Crippen LogP contribution in [-0.4, -0.2) is 42.4 Å². The summed E-state index contributed by atoms with van der Waals surface area (Å²) < 4.78 is 11.2. The summed E-state index contributed by atoms with van der Waals surface area (Å²) in [7, 11) is 1.82. The molecule has 1 atom stereocenters. The van der Waals surface area contributed by atoms with Gasteiger partial charge in [-0.1, -0.05) is 6.92 Å². The molecule has 1 aliphatic carbocycles. The van der Waals surface area contributed by atoms with Gasteiger partial charge < -0.3 is 14.4 Å². The Morgan fingerprint density at radius 3 is 2.23 bits per heavy atom. The number of rotatable bonds is 2. The van der Waals surface area contributed by atoms with Gasteiger partial charge in [0, 0.05) is 20.2 Å². The molecule has 4 nitrogen and oxygen atoms in total. The first-order chi connectivity index (χ1) is 10.1. The highest BCUT2D eigenvalue weighted by molar-refractivity contribution is 5.68. The second kappa shape index (κ2) is 6.03. The van der Waals surface area contributed by atoms with E-state index in [-0.39, 0.29) is 11.7 Å². The Morgan fingerprint density at radius 2 is 1.73 bits per heavy atom. The molecule has 0 spiro atoms. The molecule has 22 heavy (non-hydrogen) atoms. The fourth-order valence-corrected chi connectivity index (χ4v) is 3.78. The van der Waals surface area contributed by atoms with Gasteiger partial charge in [-0.15, -0.1) is 0 Å². The van der Waals surface area contributed by atoms with Crippen molar-refractivity contribution in [3.05, 3.63) is 0 Å². The van der Waals surface area contributed by atoms with Crippen molar-refractivity contribution in [3.8, 4) is 0 Å². The molecule has 4 heteroatoms. The predicted octanol–water partition coefficient (Wildman–Crippen LogP) is 4.23. The molecule has 2 rings (SSSR count). The van der Waals surface area contributed by atoms with E-state index in [9.17, 15) is 4.79 Å². The highest BCUT2D eigenvalue weighted by Crippen LogP contribution is 2.49. The van der Waals surface area contributed by atoms with E-state index in [1.165, 1.54) is 12.8 Å². The van der Waals surface area contributed by atoms with Crippen molar-refractivity contribution in [2.45, 2.75) is 77.9 Å². The average Bonchev–Trinajstić information content (AvgIpc) is 2.91. The monoisotopic (exact) mass is 311 g/mol. The molecule has 1 saturated heterocycles. The third-order valence-corrected chi connectivity index (χ3v) is 5.77. The van der Waals surface area contributed by atoms with Crippen molar-refractivity contribution >= 4 is 6.09 Å². The first-order valence-corrected chi connectivity index (χ1v) is 8.60. The minimum Gasteiger partial charge on any atom is -0.444 e. The van der Waals surface area contributed by atoms with Crippen molar-refractivity contribution in [1.82, 2.24) is 4.90 Å².